The number of benzene rings is 1. The minimum Gasteiger partial charge on any atom is -0.480 e. The second kappa shape index (κ2) is 5.81. The molecule has 134 valence electrons. The summed E-state index contributed by atoms with van der Waals surface area (Å²) in [5.41, 5.74) is -0.882. The summed E-state index contributed by atoms with van der Waals surface area (Å²) >= 11 is 0. The lowest BCUT2D eigenvalue weighted by molar-refractivity contribution is -0.143. The van der Waals surface area contributed by atoms with Crippen LogP contribution in [0.25, 0.3) is 0 Å². The molecule has 25 heavy (non-hydrogen) atoms. The van der Waals surface area contributed by atoms with Gasteiger partial charge in [-0.2, -0.15) is 0 Å². The number of amides is 2. The molecule has 1 saturated carbocycles. The standard InChI is InChI=1S/C15H17N3O6S/c16-25(23,24)11-3-1-2-10(7-11)18-8-9(6-12(18)19)13(20)17-15(4-5-15)14(21)22/h1-3,7,9H,4-6,8H2,(H,17,20)(H,21,22)(H2,16,23,24). The summed E-state index contributed by atoms with van der Waals surface area (Å²) in [6, 6.07) is 5.59. The average Bonchev–Trinajstić information content (AvgIpc) is 3.21. The first-order chi connectivity index (χ1) is 11.6. The molecule has 3 rings (SSSR count). The van der Waals surface area contributed by atoms with Crippen LogP contribution < -0.4 is 15.4 Å². The number of nitrogens with one attached hydrogen (secondary N) is 1. The van der Waals surface area contributed by atoms with Gasteiger partial charge in [0.05, 0.1) is 10.8 Å². The van der Waals surface area contributed by atoms with E-state index in [4.69, 9.17) is 10.2 Å². The van der Waals surface area contributed by atoms with E-state index in [-0.39, 0.29) is 23.8 Å². The molecular formula is C15H17N3O6S. The number of carbonyl (C=O) groups is 3. The molecule has 0 bridgehead atoms. The number of anilines is 1. The molecule has 1 heterocycles. The van der Waals surface area contributed by atoms with Crippen molar-refractivity contribution in [3.05, 3.63) is 24.3 Å². The van der Waals surface area contributed by atoms with Gasteiger partial charge >= 0.3 is 5.97 Å². The maximum atomic E-state index is 12.3. The molecular weight excluding hydrogens is 350 g/mol. The van der Waals surface area contributed by atoms with Crippen LogP contribution in [-0.4, -0.2) is 43.4 Å². The van der Waals surface area contributed by atoms with Crippen LogP contribution in [0.15, 0.2) is 29.2 Å². The van der Waals surface area contributed by atoms with E-state index in [0.717, 1.165) is 0 Å². The maximum absolute atomic E-state index is 12.3. The predicted octanol–water partition coefficient (Wildman–Crippen LogP) is -0.580. The average molecular weight is 367 g/mol. The number of rotatable bonds is 5. The molecule has 0 aromatic heterocycles. The van der Waals surface area contributed by atoms with Crippen LogP contribution in [0.4, 0.5) is 5.69 Å². The second-order valence-corrected chi connectivity index (χ2v) is 7.89. The molecule has 9 nitrogen and oxygen atoms in total. The molecule has 1 aliphatic carbocycles. The Kier molecular flexibility index (Phi) is 4.04. The van der Waals surface area contributed by atoms with Gasteiger partial charge in [0.15, 0.2) is 0 Å². The Morgan fingerprint density at radius 2 is 2.00 bits per heavy atom. The fourth-order valence-corrected chi connectivity index (χ4v) is 3.37. The first-order valence-electron chi connectivity index (χ1n) is 7.61. The quantitative estimate of drug-likeness (QED) is 0.634. The fraction of sp³-hybridized carbons (Fsp3) is 0.400. The molecule has 4 N–H and O–H groups in total. The van der Waals surface area contributed by atoms with Gasteiger partial charge < -0.3 is 15.3 Å². The summed E-state index contributed by atoms with van der Waals surface area (Å²) in [5, 5.41) is 16.7. The molecule has 10 heteroatoms. The normalized spacial score (nSPS) is 21.9. The van der Waals surface area contributed by atoms with Crippen LogP contribution in [0.3, 0.4) is 0 Å². The smallest absolute Gasteiger partial charge is 0.329 e. The van der Waals surface area contributed by atoms with Crippen LogP contribution >= 0.6 is 0 Å². The van der Waals surface area contributed by atoms with Crippen LogP contribution in [0.2, 0.25) is 0 Å². The van der Waals surface area contributed by atoms with E-state index >= 15 is 0 Å². The molecule has 0 radical (unpaired) electrons. The number of nitrogens with zero attached hydrogens (tertiary/aromatic N) is 1. The molecule has 1 atom stereocenters. The SMILES string of the molecule is NS(=O)(=O)c1cccc(N2CC(C(=O)NC3(C(=O)O)CC3)CC2=O)c1. The largest absolute Gasteiger partial charge is 0.480 e. The van der Waals surface area contributed by atoms with E-state index in [0.29, 0.717) is 18.5 Å². The third kappa shape index (κ3) is 3.35. The predicted molar refractivity (Wildman–Crippen MR) is 86.0 cm³/mol. The zero-order valence-electron chi connectivity index (χ0n) is 13.1. The van der Waals surface area contributed by atoms with Crippen LogP contribution in [-0.2, 0) is 24.4 Å². The molecule has 0 spiro atoms. The van der Waals surface area contributed by atoms with Crippen molar-refractivity contribution in [2.24, 2.45) is 11.1 Å². The van der Waals surface area contributed by atoms with Crippen molar-refractivity contribution in [3.63, 3.8) is 0 Å². The Morgan fingerprint density at radius 1 is 1.32 bits per heavy atom. The highest BCUT2D eigenvalue weighted by molar-refractivity contribution is 7.89. The number of carboxylic acid groups (broad SMARTS) is 1. The van der Waals surface area contributed by atoms with Crippen molar-refractivity contribution in [1.82, 2.24) is 5.32 Å². The lowest BCUT2D eigenvalue weighted by Crippen LogP contribution is -2.46. The number of aliphatic carboxylic acids is 1. The molecule has 2 amide bonds. The fourth-order valence-electron chi connectivity index (χ4n) is 2.82. The lowest BCUT2D eigenvalue weighted by Gasteiger charge is -2.18. The van der Waals surface area contributed by atoms with Crippen molar-refractivity contribution >= 4 is 33.5 Å². The minimum atomic E-state index is -3.91. The summed E-state index contributed by atoms with van der Waals surface area (Å²) in [7, 11) is -3.91. The van der Waals surface area contributed by atoms with Crippen molar-refractivity contribution in [3.8, 4) is 0 Å². The van der Waals surface area contributed by atoms with Gasteiger partial charge in [0.1, 0.15) is 5.54 Å². The summed E-state index contributed by atoms with van der Waals surface area (Å²) < 4.78 is 22.9. The molecule has 1 aromatic rings. The van der Waals surface area contributed by atoms with Gasteiger partial charge in [-0.1, -0.05) is 6.07 Å². The van der Waals surface area contributed by atoms with Gasteiger partial charge in [-0.15, -0.1) is 0 Å². The third-order valence-corrected chi connectivity index (χ3v) is 5.39. The Bertz CT molecular complexity index is 862. The van der Waals surface area contributed by atoms with Gasteiger partial charge in [0.25, 0.3) is 0 Å². The number of carbonyl (C=O) groups excluding carboxylic acids is 2. The van der Waals surface area contributed by atoms with Crippen LogP contribution in [0.1, 0.15) is 19.3 Å². The van der Waals surface area contributed by atoms with Gasteiger partial charge in [0.2, 0.25) is 21.8 Å². The highest BCUT2D eigenvalue weighted by Crippen LogP contribution is 2.36. The highest BCUT2D eigenvalue weighted by atomic mass is 32.2. The zero-order chi connectivity index (χ0) is 18.4. The number of nitrogens with two attached hydrogens (primary N) is 1. The Morgan fingerprint density at radius 3 is 2.56 bits per heavy atom. The molecule has 1 aromatic carbocycles. The zero-order valence-corrected chi connectivity index (χ0v) is 14.0. The van der Waals surface area contributed by atoms with Gasteiger partial charge in [0, 0.05) is 18.7 Å². The number of primary sulfonamides is 1. The molecule has 2 fully saturated rings. The topological polar surface area (TPSA) is 147 Å². The maximum Gasteiger partial charge on any atom is 0.329 e. The minimum absolute atomic E-state index is 0.0500. The molecule has 1 aliphatic heterocycles. The number of sulfonamides is 1. The monoisotopic (exact) mass is 367 g/mol. The Hall–Kier alpha value is -2.46. The Labute approximate surface area is 143 Å². The first kappa shape index (κ1) is 17.4. The molecule has 1 unspecified atom stereocenters. The second-order valence-electron chi connectivity index (χ2n) is 6.32. The van der Waals surface area contributed by atoms with Crippen molar-refractivity contribution in [1.29, 1.82) is 0 Å². The lowest BCUT2D eigenvalue weighted by atomic mass is 10.1. The number of carboxylic acids is 1. The Balaban J connectivity index is 1.75. The van der Waals surface area contributed by atoms with E-state index in [9.17, 15) is 22.8 Å². The van der Waals surface area contributed by atoms with Crippen LogP contribution in [0.5, 0.6) is 0 Å². The number of hydrogen-bond donors (Lipinski definition) is 3. The van der Waals surface area contributed by atoms with E-state index in [1.165, 1.54) is 23.1 Å². The van der Waals surface area contributed by atoms with Crippen molar-refractivity contribution in [2.75, 3.05) is 11.4 Å². The van der Waals surface area contributed by atoms with Crippen LogP contribution in [0, 0.1) is 5.92 Å². The van der Waals surface area contributed by atoms with Gasteiger partial charge in [-0.05, 0) is 31.0 Å². The molecule has 2 aliphatic rings. The summed E-state index contributed by atoms with van der Waals surface area (Å²) in [4.78, 5) is 36.8. The summed E-state index contributed by atoms with van der Waals surface area (Å²) in [5.74, 6) is -2.60. The van der Waals surface area contributed by atoms with E-state index in [1.807, 2.05) is 0 Å². The van der Waals surface area contributed by atoms with E-state index in [2.05, 4.69) is 5.32 Å². The van der Waals surface area contributed by atoms with Gasteiger partial charge in [-0.3, -0.25) is 9.59 Å². The van der Waals surface area contributed by atoms with Crippen molar-refractivity contribution < 1.29 is 27.9 Å². The van der Waals surface area contributed by atoms with Gasteiger partial charge in [-0.25, -0.2) is 18.4 Å². The highest BCUT2D eigenvalue weighted by Gasteiger charge is 2.52. The van der Waals surface area contributed by atoms with E-state index < -0.39 is 33.4 Å². The summed E-state index contributed by atoms with van der Waals surface area (Å²) in [6.07, 6.45) is 0.671. The molecule has 1 saturated heterocycles. The van der Waals surface area contributed by atoms with Crippen molar-refractivity contribution in [2.45, 2.75) is 29.7 Å². The summed E-state index contributed by atoms with van der Waals surface area (Å²) in [6.45, 7) is 0.0500. The first-order valence-corrected chi connectivity index (χ1v) is 9.16. The third-order valence-electron chi connectivity index (χ3n) is 4.48. The number of hydrogen-bond acceptors (Lipinski definition) is 5. The van der Waals surface area contributed by atoms with E-state index in [1.54, 1.807) is 6.07 Å².